The second-order valence-electron chi connectivity index (χ2n) is 11.2. The maximum Gasteiger partial charge on any atom is 0.336 e. The molecular weight excluding hydrogens is 496 g/mol. The topological polar surface area (TPSA) is 78.4 Å². The second-order valence-corrected chi connectivity index (χ2v) is 11.2. The lowest BCUT2D eigenvalue weighted by molar-refractivity contribution is 0.0690. The first-order chi connectivity index (χ1) is 19.6. The summed E-state index contributed by atoms with van der Waals surface area (Å²) in [6, 6.07) is 16.9. The Hall–Kier alpha value is -2.66. The molecule has 0 aliphatic carbocycles. The van der Waals surface area contributed by atoms with E-state index < -0.39 is 5.97 Å². The largest absolute Gasteiger partial charge is 0.478 e. The van der Waals surface area contributed by atoms with E-state index in [1.807, 2.05) is 18.2 Å². The van der Waals surface area contributed by atoms with E-state index in [9.17, 15) is 14.7 Å². The Balaban J connectivity index is 1.86. The molecule has 0 saturated heterocycles. The predicted molar refractivity (Wildman–Crippen MR) is 167 cm³/mol. The minimum Gasteiger partial charge on any atom is -0.478 e. The van der Waals surface area contributed by atoms with Crippen LogP contribution in [-0.2, 0) is 6.54 Å². The highest BCUT2D eigenvalue weighted by molar-refractivity contribution is 6.04. The van der Waals surface area contributed by atoms with Gasteiger partial charge < -0.3 is 15.7 Å². The van der Waals surface area contributed by atoms with Crippen molar-refractivity contribution in [3.63, 3.8) is 0 Å². The van der Waals surface area contributed by atoms with Crippen molar-refractivity contribution >= 4 is 11.9 Å². The van der Waals surface area contributed by atoms with E-state index in [1.54, 1.807) is 18.2 Å². The molecular formula is C35H54N2O3. The summed E-state index contributed by atoms with van der Waals surface area (Å²) < 4.78 is 0. The number of hydrogen-bond acceptors (Lipinski definition) is 3. The van der Waals surface area contributed by atoms with Crippen molar-refractivity contribution in [2.45, 2.75) is 135 Å². The van der Waals surface area contributed by atoms with Gasteiger partial charge in [-0.3, -0.25) is 4.79 Å². The number of carbonyl (C=O) groups is 2. The smallest absolute Gasteiger partial charge is 0.336 e. The first-order valence-corrected chi connectivity index (χ1v) is 16.0. The summed E-state index contributed by atoms with van der Waals surface area (Å²) in [6.07, 6.45) is 20.0. The number of amides is 1. The zero-order chi connectivity index (χ0) is 28.8. The van der Waals surface area contributed by atoms with Gasteiger partial charge in [-0.15, -0.1) is 0 Å². The minimum atomic E-state index is -1.08. The van der Waals surface area contributed by atoms with Gasteiger partial charge in [0.1, 0.15) is 0 Å². The third-order valence-corrected chi connectivity index (χ3v) is 7.83. The van der Waals surface area contributed by atoms with E-state index in [2.05, 4.69) is 36.6 Å². The number of carbonyl (C=O) groups excluding carboxylic acids is 1. The number of benzene rings is 2. The molecule has 1 amide bonds. The number of nitrogens with one attached hydrogen (secondary N) is 2. The Kier molecular flexibility index (Phi) is 17.7. The zero-order valence-electron chi connectivity index (χ0n) is 25.1. The van der Waals surface area contributed by atoms with Gasteiger partial charge in [0.2, 0.25) is 0 Å². The molecule has 222 valence electrons. The molecule has 5 heteroatoms. The van der Waals surface area contributed by atoms with Gasteiger partial charge in [-0.05, 0) is 30.5 Å². The Morgan fingerprint density at radius 2 is 1.15 bits per heavy atom. The summed E-state index contributed by atoms with van der Waals surface area (Å²) >= 11 is 0. The Bertz CT molecular complexity index is 947. The van der Waals surface area contributed by atoms with Gasteiger partial charge in [-0.2, -0.15) is 0 Å². The monoisotopic (exact) mass is 550 g/mol. The number of unbranched alkanes of at least 4 members (excludes halogenated alkanes) is 12. The summed E-state index contributed by atoms with van der Waals surface area (Å²) in [4.78, 5) is 24.9. The summed E-state index contributed by atoms with van der Waals surface area (Å²) in [5, 5.41) is 16.5. The second kappa shape index (κ2) is 21.1. The first-order valence-electron chi connectivity index (χ1n) is 16.0. The number of carboxylic acid groups (broad SMARTS) is 1. The quantitative estimate of drug-likeness (QED) is 0.121. The van der Waals surface area contributed by atoms with E-state index in [-0.39, 0.29) is 29.1 Å². The number of rotatable bonds is 23. The molecule has 2 aromatic carbocycles. The summed E-state index contributed by atoms with van der Waals surface area (Å²) in [7, 11) is 0. The van der Waals surface area contributed by atoms with Crippen molar-refractivity contribution in [2.75, 3.05) is 0 Å². The van der Waals surface area contributed by atoms with Crippen molar-refractivity contribution < 1.29 is 14.7 Å². The molecule has 2 atom stereocenters. The molecule has 0 aromatic heterocycles. The first kappa shape index (κ1) is 33.5. The van der Waals surface area contributed by atoms with Crippen LogP contribution < -0.4 is 10.6 Å². The minimum absolute atomic E-state index is 0.0422. The lowest BCUT2D eigenvalue weighted by atomic mass is 9.95. The van der Waals surface area contributed by atoms with Crippen LogP contribution in [-0.4, -0.2) is 29.1 Å². The lowest BCUT2D eigenvalue weighted by Gasteiger charge is -2.29. The highest BCUT2D eigenvalue weighted by atomic mass is 16.4. The van der Waals surface area contributed by atoms with Crippen molar-refractivity contribution in [1.82, 2.24) is 10.6 Å². The summed E-state index contributed by atoms with van der Waals surface area (Å²) in [6.45, 7) is 5.14. The third kappa shape index (κ3) is 13.6. The van der Waals surface area contributed by atoms with Crippen molar-refractivity contribution in [1.29, 1.82) is 0 Å². The molecule has 0 aliphatic heterocycles. The van der Waals surface area contributed by atoms with E-state index in [4.69, 9.17) is 0 Å². The van der Waals surface area contributed by atoms with Crippen molar-refractivity contribution in [2.24, 2.45) is 0 Å². The highest BCUT2D eigenvalue weighted by Gasteiger charge is 2.24. The molecule has 2 aromatic rings. The van der Waals surface area contributed by atoms with Crippen molar-refractivity contribution in [3.8, 4) is 0 Å². The molecule has 0 heterocycles. The van der Waals surface area contributed by atoms with Crippen LogP contribution in [0.2, 0.25) is 0 Å². The van der Waals surface area contributed by atoms with Crippen LogP contribution in [0.3, 0.4) is 0 Å². The van der Waals surface area contributed by atoms with Gasteiger partial charge >= 0.3 is 5.97 Å². The third-order valence-electron chi connectivity index (χ3n) is 7.83. The van der Waals surface area contributed by atoms with E-state index >= 15 is 0 Å². The molecule has 0 radical (unpaired) electrons. The van der Waals surface area contributed by atoms with Gasteiger partial charge in [0.05, 0.1) is 11.1 Å². The summed E-state index contributed by atoms with van der Waals surface area (Å²) in [5.41, 5.74) is 1.48. The predicted octanol–water partition coefficient (Wildman–Crippen LogP) is 8.92. The normalized spacial score (nSPS) is 12.7. The molecule has 0 spiro atoms. The van der Waals surface area contributed by atoms with Crippen LogP contribution in [0.4, 0.5) is 0 Å². The highest BCUT2D eigenvalue weighted by Crippen LogP contribution is 2.17. The fourth-order valence-corrected chi connectivity index (χ4v) is 5.47. The van der Waals surface area contributed by atoms with Crippen LogP contribution in [0.1, 0.15) is 143 Å². The SMILES string of the molecule is CCCCCCCCCCCCCCCC(NCc1ccccc1)C(CCC)NC(=O)c1ccccc1C(=O)O. The average Bonchev–Trinajstić information content (AvgIpc) is 2.97. The Morgan fingerprint density at radius 1 is 0.625 bits per heavy atom. The van der Waals surface area contributed by atoms with Gasteiger partial charge in [0.15, 0.2) is 0 Å². The maximum absolute atomic E-state index is 13.2. The van der Waals surface area contributed by atoms with Crippen LogP contribution in [0.5, 0.6) is 0 Å². The molecule has 3 N–H and O–H groups in total. The Morgan fingerprint density at radius 3 is 1.70 bits per heavy atom. The van der Waals surface area contributed by atoms with Gasteiger partial charge in [-0.25, -0.2) is 4.79 Å². The molecule has 40 heavy (non-hydrogen) atoms. The summed E-state index contributed by atoms with van der Waals surface area (Å²) in [5.74, 6) is -1.39. The Labute approximate surface area is 243 Å². The molecule has 2 rings (SSSR count). The number of carboxylic acids is 1. The van der Waals surface area contributed by atoms with Crippen LogP contribution in [0, 0.1) is 0 Å². The van der Waals surface area contributed by atoms with Crippen LogP contribution >= 0.6 is 0 Å². The molecule has 0 bridgehead atoms. The number of aromatic carboxylic acids is 1. The molecule has 0 fully saturated rings. The average molecular weight is 551 g/mol. The van der Waals surface area contributed by atoms with Gasteiger partial charge in [0.25, 0.3) is 5.91 Å². The number of hydrogen-bond donors (Lipinski definition) is 3. The molecule has 5 nitrogen and oxygen atoms in total. The van der Waals surface area contributed by atoms with Gasteiger partial charge in [0, 0.05) is 18.6 Å². The fourth-order valence-electron chi connectivity index (χ4n) is 5.47. The van der Waals surface area contributed by atoms with E-state index in [0.717, 1.165) is 32.2 Å². The zero-order valence-corrected chi connectivity index (χ0v) is 25.1. The van der Waals surface area contributed by atoms with Crippen LogP contribution in [0.25, 0.3) is 0 Å². The van der Waals surface area contributed by atoms with Gasteiger partial charge in [-0.1, -0.05) is 146 Å². The van der Waals surface area contributed by atoms with E-state index in [1.165, 1.54) is 88.7 Å². The van der Waals surface area contributed by atoms with Crippen LogP contribution in [0.15, 0.2) is 54.6 Å². The molecule has 2 unspecified atom stereocenters. The maximum atomic E-state index is 13.2. The lowest BCUT2D eigenvalue weighted by Crippen LogP contribution is -2.50. The molecule has 0 saturated carbocycles. The standard InChI is InChI=1S/C35H54N2O3/c1-3-5-6-7-8-9-10-11-12-13-14-15-19-27-32(36-28-29-23-17-16-18-24-29)33(22-4-2)37-34(38)30-25-20-21-26-31(30)35(39)40/h16-18,20-21,23-26,32-33,36H,3-15,19,22,27-28H2,1-2H3,(H,37,38)(H,39,40). The van der Waals surface area contributed by atoms with Crippen molar-refractivity contribution in [3.05, 3.63) is 71.3 Å². The van der Waals surface area contributed by atoms with E-state index in [0.29, 0.717) is 0 Å². The fraction of sp³-hybridized carbons (Fsp3) is 0.600. The molecule has 0 aliphatic rings.